The second kappa shape index (κ2) is 7.04. The van der Waals surface area contributed by atoms with Crippen molar-refractivity contribution in [3.8, 4) is 0 Å². The van der Waals surface area contributed by atoms with Crippen LogP contribution in [-0.2, 0) is 11.2 Å². The third kappa shape index (κ3) is 3.11. The van der Waals surface area contributed by atoms with Crippen molar-refractivity contribution in [1.29, 1.82) is 0 Å². The van der Waals surface area contributed by atoms with Crippen molar-refractivity contribution >= 4 is 40.3 Å². The molecule has 0 saturated heterocycles. The Hall–Kier alpha value is -1.70. The van der Waals surface area contributed by atoms with Gasteiger partial charge in [-0.3, -0.25) is 4.79 Å². The molecule has 0 bridgehead atoms. The molecule has 3 heterocycles. The fraction of sp³-hybridized carbons (Fsp3) is 0.235. The van der Waals surface area contributed by atoms with Gasteiger partial charge < -0.3 is 4.90 Å². The Morgan fingerprint density at radius 3 is 2.92 bits per heavy atom. The van der Waals surface area contributed by atoms with E-state index in [9.17, 15) is 4.79 Å². The molecule has 0 saturated carbocycles. The summed E-state index contributed by atoms with van der Waals surface area (Å²) in [4.78, 5) is 16.3. The lowest BCUT2D eigenvalue weighted by atomic mass is 9.93. The van der Waals surface area contributed by atoms with Crippen molar-refractivity contribution in [3.63, 3.8) is 0 Å². The van der Waals surface area contributed by atoms with E-state index >= 15 is 0 Å². The van der Waals surface area contributed by atoms with Crippen LogP contribution in [0, 0.1) is 0 Å². The summed E-state index contributed by atoms with van der Waals surface area (Å²) in [5, 5.41) is 9.95. The van der Waals surface area contributed by atoms with Gasteiger partial charge in [0.1, 0.15) is 5.51 Å². The van der Waals surface area contributed by atoms with Crippen molar-refractivity contribution in [2.75, 3.05) is 12.3 Å². The minimum atomic E-state index is 0.0173. The van der Waals surface area contributed by atoms with Gasteiger partial charge >= 0.3 is 0 Å². The molecule has 1 unspecified atom stereocenters. The number of aromatic nitrogens is 2. The second-order valence-electron chi connectivity index (χ2n) is 5.44. The van der Waals surface area contributed by atoms with Crippen LogP contribution in [0.25, 0.3) is 0 Å². The minimum Gasteiger partial charge on any atom is -0.330 e. The summed E-state index contributed by atoms with van der Waals surface area (Å²) in [7, 11) is 0. The van der Waals surface area contributed by atoms with Crippen molar-refractivity contribution in [3.05, 3.63) is 63.3 Å². The van der Waals surface area contributed by atoms with Gasteiger partial charge in [0.25, 0.3) is 0 Å². The Bertz CT molecular complexity index is 817. The highest BCUT2D eigenvalue weighted by Gasteiger charge is 2.32. The number of hydrogen-bond donors (Lipinski definition) is 0. The summed E-state index contributed by atoms with van der Waals surface area (Å²) in [6, 6.07) is 12.5. The number of carbonyl (C=O) groups is 1. The second-order valence-corrected chi connectivity index (χ2v) is 8.50. The van der Waals surface area contributed by atoms with E-state index in [1.807, 2.05) is 23.1 Å². The molecule has 7 heteroatoms. The Kier molecular flexibility index (Phi) is 4.64. The van der Waals surface area contributed by atoms with Gasteiger partial charge in [0.15, 0.2) is 4.34 Å². The number of amides is 1. The largest absolute Gasteiger partial charge is 0.330 e. The van der Waals surface area contributed by atoms with Crippen LogP contribution in [0.1, 0.15) is 22.0 Å². The van der Waals surface area contributed by atoms with Gasteiger partial charge in [-0.2, -0.15) is 0 Å². The summed E-state index contributed by atoms with van der Waals surface area (Å²) in [5.74, 6) is 0.554. The number of thioether (sulfide) groups is 1. The van der Waals surface area contributed by atoms with E-state index in [0.717, 1.165) is 17.3 Å². The van der Waals surface area contributed by atoms with E-state index in [4.69, 9.17) is 0 Å². The molecule has 24 heavy (non-hydrogen) atoms. The summed E-state index contributed by atoms with van der Waals surface area (Å²) in [5.41, 5.74) is 4.14. The standard InChI is InChI=1S/C17H15N3OS3/c21-15(10-23-17-19-18-11-24-17)20-8-6-14-13(7-9-22-14)16(20)12-4-2-1-3-5-12/h1-5,7,9,11,16H,6,8,10H2. The fourth-order valence-electron chi connectivity index (χ4n) is 3.01. The van der Waals surface area contributed by atoms with Crippen molar-refractivity contribution in [2.24, 2.45) is 0 Å². The van der Waals surface area contributed by atoms with Crippen LogP contribution >= 0.6 is 34.4 Å². The smallest absolute Gasteiger partial charge is 0.233 e. The zero-order valence-corrected chi connectivity index (χ0v) is 15.2. The van der Waals surface area contributed by atoms with Crippen LogP contribution < -0.4 is 0 Å². The Balaban J connectivity index is 1.60. The van der Waals surface area contributed by atoms with Gasteiger partial charge in [-0.25, -0.2) is 0 Å². The monoisotopic (exact) mass is 373 g/mol. The summed E-state index contributed by atoms with van der Waals surface area (Å²) in [6.45, 7) is 0.766. The maximum atomic E-state index is 12.9. The lowest BCUT2D eigenvalue weighted by Gasteiger charge is -2.36. The molecule has 4 rings (SSSR count). The highest BCUT2D eigenvalue weighted by atomic mass is 32.2. The predicted molar refractivity (Wildman–Crippen MR) is 98.7 cm³/mol. The average Bonchev–Trinajstić information content (AvgIpc) is 3.30. The van der Waals surface area contributed by atoms with E-state index in [-0.39, 0.29) is 11.9 Å². The SMILES string of the molecule is O=C(CSc1nncs1)N1CCc2sccc2C1c1ccccc1. The third-order valence-electron chi connectivity index (χ3n) is 4.06. The zero-order chi connectivity index (χ0) is 16.4. The molecule has 2 aromatic heterocycles. The van der Waals surface area contributed by atoms with Gasteiger partial charge in [0.05, 0.1) is 11.8 Å². The number of thiophene rings is 1. The van der Waals surface area contributed by atoms with Crippen LogP contribution in [0.4, 0.5) is 0 Å². The van der Waals surface area contributed by atoms with E-state index in [1.54, 1.807) is 16.8 Å². The number of benzene rings is 1. The highest BCUT2D eigenvalue weighted by Crippen LogP contribution is 2.38. The molecule has 1 aromatic carbocycles. The number of hydrogen-bond acceptors (Lipinski definition) is 6. The van der Waals surface area contributed by atoms with Gasteiger partial charge in [0.2, 0.25) is 5.91 Å². The van der Waals surface area contributed by atoms with Gasteiger partial charge in [-0.05, 0) is 29.0 Å². The molecular formula is C17H15N3OS3. The molecule has 122 valence electrons. The van der Waals surface area contributed by atoms with Crippen molar-refractivity contribution in [1.82, 2.24) is 15.1 Å². The summed E-state index contributed by atoms with van der Waals surface area (Å²) < 4.78 is 0.841. The Labute approximate surface area is 152 Å². The molecule has 0 radical (unpaired) electrons. The van der Waals surface area contributed by atoms with Crippen LogP contribution in [0.2, 0.25) is 0 Å². The van der Waals surface area contributed by atoms with Crippen LogP contribution in [0.3, 0.4) is 0 Å². The molecule has 1 aliphatic rings. The highest BCUT2D eigenvalue weighted by molar-refractivity contribution is 8.01. The molecule has 1 aliphatic heterocycles. The average molecular weight is 374 g/mol. The van der Waals surface area contributed by atoms with E-state index in [2.05, 4.69) is 33.8 Å². The van der Waals surface area contributed by atoms with Gasteiger partial charge in [-0.15, -0.1) is 21.5 Å². The molecule has 0 N–H and O–H groups in total. The predicted octanol–water partition coefficient (Wildman–Crippen LogP) is 3.87. The first-order valence-electron chi connectivity index (χ1n) is 7.62. The topological polar surface area (TPSA) is 46.1 Å². The molecular weight excluding hydrogens is 358 g/mol. The Morgan fingerprint density at radius 1 is 1.25 bits per heavy atom. The molecule has 0 fully saturated rings. The van der Waals surface area contributed by atoms with Crippen molar-refractivity contribution < 1.29 is 4.79 Å². The number of nitrogens with zero attached hydrogens (tertiary/aromatic N) is 3. The molecule has 1 amide bonds. The van der Waals surface area contributed by atoms with Gasteiger partial charge in [-0.1, -0.05) is 53.4 Å². The molecule has 1 atom stereocenters. The maximum absolute atomic E-state index is 12.9. The lowest BCUT2D eigenvalue weighted by molar-refractivity contribution is -0.130. The summed E-state index contributed by atoms with van der Waals surface area (Å²) in [6.07, 6.45) is 0.936. The third-order valence-corrected chi connectivity index (χ3v) is 6.90. The first-order chi connectivity index (χ1) is 11.8. The van der Waals surface area contributed by atoms with E-state index in [1.165, 1.54) is 39.1 Å². The Morgan fingerprint density at radius 2 is 2.12 bits per heavy atom. The molecule has 3 aromatic rings. The van der Waals surface area contributed by atoms with Gasteiger partial charge in [0, 0.05) is 11.4 Å². The molecule has 0 aliphatic carbocycles. The van der Waals surface area contributed by atoms with Crippen LogP contribution in [-0.4, -0.2) is 33.3 Å². The van der Waals surface area contributed by atoms with Crippen LogP contribution in [0.15, 0.2) is 51.6 Å². The van der Waals surface area contributed by atoms with E-state index in [0.29, 0.717) is 5.75 Å². The lowest BCUT2D eigenvalue weighted by Crippen LogP contribution is -2.41. The minimum absolute atomic E-state index is 0.0173. The quantitative estimate of drug-likeness (QED) is 0.652. The first kappa shape index (κ1) is 15.8. The molecule has 0 spiro atoms. The molecule has 4 nitrogen and oxygen atoms in total. The maximum Gasteiger partial charge on any atom is 0.233 e. The summed E-state index contributed by atoms with van der Waals surface area (Å²) >= 11 is 4.73. The normalized spacial score (nSPS) is 16.8. The van der Waals surface area contributed by atoms with Crippen molar-refractivity contribution in [2.45, 2.75) is 16.8 Å². The van der Waals surface area contributed by atoms with Crippen LogP contribution in [0.5, 0.6) is 0 Å². The fourth-order valence-corrected chi connectivity index (χ4v) is 5.29. The van der Waals surface area contributed by atoms with E-state index < -0.39 is 0 Å². The number of fused-ring (bicyclic) bond motifs is 1. The number of rotatable bonds is 4. The number of carbonyl (C=O) groups excluding carboxylic acids is 1. The zero-order valence-electron chi connectivity index (χ0n) is 12.8. The first-order valence-corrected chi connectivity index (χ1v) is 10.4.